The molecule has 2 atom stereocenters. The second kappa shape index (κ2) is 23.9. The molecule has 3 aromatic heterocycles. The van der Waals surface area contributed by atoms with Gasteiger partial charge in [0, 0.05) is 67.3 Å². The van der Waals surface area contributed by atoms with Crippen molar-refractivity contribution < 1.29 is 52.2 Å². The van der Waals surface area contributed by atoms with Gasteiger partial charge in [-0.15, -0.1) is 11.3 Å². The van der Waals surface area contributed by atoms with Gasteiger partial charge in [-0.1, -0.05) is 48.2 Å². The Morgan fingerprint density at radius 2 is 1.65 bits per heavy atom. The van der Waals surface area contributed by atoms with Crippen molar-refractivity contribution in [1.29, 1.82) is 0 Å². The molecule has 0 amide bonds. The maximum atomic E-state index is 14.4. The van der Waals surface area contributed by atoms with E-state index in [4.69, 9.17) is 71.1 Å². The first-order valence-electron chi connectivity index (χ1n) is 25.4. The number of likely N-dealkylation sites (N-methyl/N-ethyl adjacent to an activating group) is 1. The summed E-state index contributed by atoms with van der Waals surface area (Å²) >= 11 is 16.1. The van der Waals surface area contributed by atoms with Crippen molar-refractivity contribution in [2.24, 2.45) is 5.92 Å². The number of nitrogens with zero attached hydrogens (tertiary/aromatic N) is 6. The lowest BCUT2D eigenvalue weighted by Gasteiger charge is -2.35. The molecule has 398 valence electrons. The number of ether oxygens (including phenoxy) is 8. The molecule has 4 bridgehead atoms. The number of aliphatic carboxylic acids is 1. The third kappa shape index (κ3) is 12.1. The summed E-state index contributed by atoms with van der Waals surface area (Å²) in [5.41, 5.74) is 4.07. The highest BCUT2D eigenvalue weighted by atomic mass is 35.5. The normalized spacial score (nSPS) is 19.6. The van der Waals surface area contributed by atoms with Gasteiger partial charge in [0.2, 0.25) is 12.0 Å². The molecule has 75 heavy (non-hydrogen) atoms. The van der Waals surface area contributed by atoms with Crippen molar-refractivity contribution in [2.75, 3.05) is 92.8 Å². The summed E-state index contributed by atoms with van der Waals surface area (Å²) in [4.78, 5) is 38.4. The largest absolute Gasteiger partial charge is 0.490 e. The van der Waals surface area contributed by atoms with E-state index in [0.29, 0.717) is 140 Å². The molecule has 1 N–H and O–H groups in total. The molecule has 5 aliphatic rings. The molecule has 3 aromatic carbocycles. The van der Waals surface area contributed by atoms with Crippen LogP contribution >= 0.6 is 34.5 Å². The number of rotatable bonds is 15. The van der Waals surface area contributed by atoms with Gasteiger partial charge in [0.05, 0.1) is 66.2 Å². The van der Waals surface area contributed by atoms with Crippen LogP contribution in [0.2, 0.25) is 10.0 Å². The minimum Gasteiger partial charge on any atom is -0.490 e. The number of halogens is 3. The van der Waals surface area contributed by atoms with Crippen LogP contribution in [0.25, 0.3) is 31.8 Å². The Hall–Kier alpha value is -5.28. The molecule has 1 aliphatic carbocycles. The van der Waals surface area contributed by atoms with Crippen LogP contribution in [-0.4, -0.2) is 146 Å². The van der Waals surface area contributed by atoms with Crippen molar-refractivity contribution in [1.82, 2.24) is 29.7 Å². The van der Waals surface area contributed by atoms with Crippen molar-refractivity contribution in [3.63, 3.8) is 0 Å². The minimum absolute atomic E-state index is 0.0281. The molecule has 4 aliphatic heterocycles. The van der Waals surface area contributed by atoms with Crippen LogP contribution < -0.4 is 18.9 Å². The summed E-state index contributed by atoms with van der Waals surface area (Å²) in [5, 5.41) is 12.0. The number of fused-ring (bicyclic) bond motifs is 7. The fourth-order valence-corrected chi connectivity index (χ4v) is 12.0. The lowest BCUT2D eigenvalue weighted by Crippen LogP contribution is -2.49. The monoisotopic (exact) mass is 1090 g/mol. The summed E-state index contributed by atoms with van der Waals surface area (Å²) in [6, 6.07) is 13.3. The van der Waals surface area contributed by atoms with Gasteiger partial charge in [-0.2, -0.15) is 0 Å². The van der Waals surface area contributed by atoms with Crippen LogP contribution in [0.15, 0.2) is 61.1 Å². The van der Waals surface area contributed by atoms with Gasteiger partial charge in [-0.05, 0) is 92.4 Å². The molecular weight excluding hydrogens is 1030 g/mol. The Morgan fingerprint density at radius 1 is 0.907 bits per heavy atom. The maximum absolute atomic E-state index is 14.4. The van der Waals surface area contributed by atoms with E-state index in [2.05, 4.69) is 26.8 Å². The molecule has 2 saturated heterocycles. The summed E-state index contributed by atoms with van der Waals surface area (Å²) < 4.78 is 63.9. The van der Waals surface area contributed by atoms with E-state index >= 15 is 0 Å². The van der Waals surface area contributed by atoms with Crippen molar-refractivity contribution in [3.8, 4) is 44.7 Å². The Labute approximate surface area is 449 Å². The first kappa shape index (κ1) is 53.1. The first-order chi connectivity index (χ1) is 36.4. The quantitative estimate of drug-likeness (QED) is 0.0965. The summed E-state index contributed by atoms with van der Waals surface area (Å²) in [7, 11) is 2.11. The molecule has 0 spiro atoms. The minimum atomic E-state index is -1.47. The number of hydrogen-bond donors (Lipinski definition) is 1. The van der Waals surface area contributed by atoms with Gasteiger partial charge in [0.1, 0.15) is 60.4 Å². The predicted molar refractivity (Wildman–Crippen MR) is 282 cm³/mol. The van der Waals surface area contributed by atoms with Gasteiger partial charge in [0.15, 0.2) is 5.75 Å². The van der Waals surface area contributed by atoms with Crippen molar-refractivity contribution >= 4 is 50.7 Å². The number of benzene rings is 3. The Kier molecular flexibility index (Phi) is 17.0. The van der Waals surface area contributed by atoms with Crippen LogP contribution in [0.4, 0.5) is 4.39 Å². The van der Waals surface area contributed by atoms with Gasteiger partial charge in [0.25, 0.3) is 0 Å². The van der Waals surface area contributed by atoms with Crippen LogP contribution in [0.3, 0.4) is 0 Å². The predicted octanol–water partition coefficient (Wildman–Crippen LogP) is 9.38. The van der Waals surface area contributed by atoms with Crippen LogP contribution in [0.5, 0.6) is 23.1 Å². The number of carboxylic acid groups (broad SMARTS) is 1. The van der Waals surface area contributed by atoms with Crippen LogP contribution in [0.1, 0.15) is 53.9 Å². The second-order valence-electron chi connectivity index (χ2n) is 19.8. The zero-order valence-corrected chi connectivity index (χ0v) is 44.6. The Morgan fingerprint density at radius 3 is 2.40 bits per heavy atom. The molecule has 6 aromatic rings. The molecule has 7 heterocycles. The molecule has 11 rings (SSSR count). The van der Waals surface area contributed by atoms with E-state index in [-0.39, 0.29) is 36.8 Å². The maximum Gasteiger partial charge on any atom is 0.345 e. The van der Waals surface area contributed by atoms with E-state index in [9.17, 15) is 14.3 Å². The number of carboxylic acids is 1. The highest BCUT2D eigenvalue weighted by Crippen LogP contribution is 2.53. The van der Waals surface area contributed by atoms with E-state index < -0.39 is 24.0 Å². The highest BCUT2D eigenvalue weighted by molar-refractivity contribution is 7.22. The fraction of sp³-hybridized carbons (Fsp3) is 0.473. The zero-order valence-electron chi connectivity index (χ0n) is 42.3. The number of hydrogen-bond acceptors (Lipinski definition) is 16. The van der Waals surface area contributed by atoms with E-state index in [1.54, 1.807) is 36.5 Å². The standard InChI is InChI=1S/C55H61Cl2FN6O10S/c1-33-44-34(2)48(57)49(47(33)56)73-41(24-64-18-16-63(3)17-19-64)29-71-40-10-11-42(72-28-39-12-15-59-54(62-39)55(13-4-5-14-55)30-68-21-20-67-25-35-26-69-32-70-27-35)37(22-40)23-43(53(65)66)74-51-46-45(44)50(75-52(46)61-31-60-51)36-6-8-38(58)9-7-36/h6-12,15,22,31,35,41,43H,4-5,13-14,16-21,23-30,32H2,1-3H3,(H,65,66)/t41-,43-/m1/s1. The van der Waals surface area contributed by atoms with Gasteiger partial charge < -0.3 is 47.9 Å². The Bertz CT molecular complexity index is 2940. The SMILES string of the molecule is Cc1c(Cl)c2c(Cl)c(C)c1-c1c(-c3ccc(F)cc3)sc3ncnc(c13)O[C@@H](C(=O)O)Cc1cc(ccc1OCc1ccnc(C3(COCCOCC4COCOC4)CCCC3)n1)OC[C@@H](CN1CCN(C)CC1)O2. The third-order valence-electron chi connectivity index (χ3n) is 14.5. The number of aromatic nitrogens is 4. The molecule has 3 fully saturated rings. The van der Waals surface area contributed by atoms with E-state index in [1.807, 2.05) is 19.9 Å². The molecular formula is C55H61Cl2FN6O10S. The lowest BCUT2D eigenvalue weighted by atomic mass is 9.86. The average molecular weight is 1090 g/mol. The van der Waals surface area contributed by atoms with Gasteiger partial charge in [-0.25, -0.2) is 29.1 Å². The first-order valence-corrected chi connectivity index (χ1v) is 27.0. The molecule has 0 unspecified atom stereocenters. The fourth-order valence-electron chi connectivity index (χ4n) is 10.3. The highest BCUT2D eigenvalue weighted by Gasteiger charge is 2.39. The summed E-state index contributed by atoms with van der Waals surface area (Å²) in [5.74, 6) is 0.499. The lowest BCUT2D eigenvalue weighted by molar-refractivity contribution is -0.145. The smallest absolute Gasteiger partial charge is 0.345 e. The van der Waals surface area contributed by atoms with E-state index in [1.165, 1.54) is 29.8 Å². The number of piperazine rings is 1. The molecule has 20 heteroatoms. The van der Waals surface area contributed by atoms with Crippen molar-refractivity contribution in [2.45, 2.75) is 70.2 Å². The van der Waals surface area contributed by atoms with Gasteiger partial charge >= 0.3 is 5.97 Å². The Balaban J connectivity index is 0.978. The molecule has 0 radical (unpaired) electrons. The van der Waals surface area contributed by atoms with Crippen LogP contribution in [-0.2, 0) is 42.2 Å². The van der Waals surface area contributed by atoms with Crippen molar-refractivity contribution in [3.05, 3.63) is 105 Å². The summed E-state index contributed by atoms with van der Waals surface area (Å²) in [6.45, 7) is 11.4. The number of carbonyl (C=O) groups is 1. The zero-order chi connectivity index (χ0) is 52.1. The summed E-state index contributed by atoms with van der Waals surface area (Å²) in [6.07, 6.45) is 4.78. The topological polar surface area (TPSA) is 169 Å². The third-order valence-corrected chi connectivity index (χ3v) is 16.5. The second-order valence-corrected chi connectivity index (χ2v) is 21.6. The number of thiophene rings is 1. The van der Waals surface area contributed by atoms with E-state index in [0.717, 1.165) is 51.9 Å². The average Bonchev–Trinajstić information content (AvgIpc) is 4.08. The molecule has 1 saturated carbocycles. The van der Waals surface area contributed by atoms with Gasteiger partial charge in [-0.3, -0.25) is 4.90 Å². The molecule has 16 nitrogen and oxygen atoms in total. The van der Waals surface area contributed by atoms with Crippen LogP contribution in [0, 0.1) is 25.6 Å².